The van der Waals surface area contributed by atoms with Gasteiger partial charge in [-0.1, -0.05) is 41.9 Å². The Bertz CT molecular complexity index is 1220. The third-order valence-corrected chi connectivity index (χ3v) is 6.11. The summed E-state index contributed by atoms with van der Waals surface area (Å²) >= 11 is 7.03. The lowest BCUT2D eigenvalue weighted by Gasteiger charge is -2.11. The maximum atomic E-state index is 12.7. The van der Waals surface area contributed by atoms with E-state index in [4.69, 9.17) is 16.0 Å². The van der Waals surface area contributed by atoms with Crippen molar-refractivity contribution in [1.29, 1.82) is 0 Å². The molecular weight excluding hydrogens is 452 g/mol. The number of amides is 2. The van der Waals surface area contributed by atoms with Gasteiger partial charge in [0, 0.05) is 30.3 Å². The van der Waals surface area contributed by atoms with Crippen LogP contribution in [0.4, 0.5) is 10.5 Å². The Hall–Kier alpha value is -3.36. The molecule has 2 amide bonds. The first-order chi connectivity index (χ1) is 15.4. The van der Waals surface area contributed by atoms with Crippen molar-refractivity contribution in [2.24, 2.45) is 0 Å². The van der Waals surface area contributed by atoms with Gasteiger partial charge in [0.05, 0.1) is 14.9 Å². The Labute approximate surface area is 192 Å². The molecule has 32 heavy (non-hydrogen) atoms. The number of imide groups is 1. The molecule has 9 heteroatoms. The molecule has 2 heterocycles. The number of benzene rings is 2. The van der Waals surface area contributed by atoms with Crippen molar-refractivity contribution >= 4 is 46.3 Å². The topological polar surface area (TPSA) is 93.7 Å². The first-order valence-corrected chi connectivity index (χ1v) is 11.0. The van der Waals surface area contributed by atoms with E-state index in [2.05, 4.69) is 0 Å². The van der Waals surface area contributed by atoms with Crippen LogP contribution in [0.2, 0.25) is 5.02 Å². The van der Waals surface area contributed by atoms with E-state index < -0.39 is 4.92 Å². The first-order valence-electron chi connectivity index (χ1n) is 9.76. The van der Waals surface area contributed by atoms with E-state index >= 15 is 0 Å². The SMILES string of the molecule is O=C1S/C(=C/c2ccc(-c3ccc([N+](=O)[O-])cc3Cl)o2)C(=O)N1CCCc1ccccc1. The Kier molecular flexibility index (Phi) is 6.43. The number of thioether (sulfide) groups is 1. The predicted octanol–water partition coefficient (Wildman–Crippen LogP) is 6.18. The summed E-state index contributed by atoms with van der Waals surface area (Å²) in [6.45, 7) is 0.346. The molecule has 0 saturated carbocycles. The van der Waals surface area contributed by atoms with Gasteiger partial charge in [0.2, 0.25) is 0 Å². The highest BCUT2D eigenvalue weighted by atomic mass is 35.5. The molecule has 0 N–H and O–H groups in total. The lowest BCUT2D eigenvalue weighted by atomic mass is 10.1. The van der Waals surface area contributed by atoms with Gasteiger partial charge in [-0.2, -0.15) is 0 Å². The molecular formula is C23H17ClN2O5S. The molecule has 0 atom stereocenters. The number of carbonyl (C=O) groups is 2. The normalized spacial score (nSPS) is 15.0. The summed E-state index contributed by atoms with van der Waals surface area (Å²) in [4.78, 5) is 36.9. The maximum Gasteiger partial charge on any atom is 0.293 e. The zero-order chi connectivity index (χ0) is 22.7. The van der Waals surface area contributed by atoms with Crippen LogP contribution in [-0.2, 0) is 11.2 Å². The summed E-state index contributed by atoms with van der Waals surface area (Å²) < 4.78 is 5.74. The van der Waals surface area contributed by atoms with Gasteiger partial charge in [-0.25, -0.2) is 0 Å². The molecule has 1 aliphatic heterocycles. The number of nitro groups is 1. The van der Waals surface area contributed by atoms with E-state index in [-0.39, 0.29) is 26.8 Å². The lowest BCUT2D eigenvalue weighted by Crippen LogP contribution is -2.29. The second-order valence-corrected chi connectivity index (χ2v) is 8.45. The number of non-ortho nitro benzene ring substituents is 1. The number of carbonyl (C=O) groups excluding carboxylic acids is 2. The molecule has 0 unspecified atom stereocenters. The van der Waals surface area contributed by atoms with Crippen LogP contribution < -0.4 is 0 Å². The van der Waals surface area contributed by atoms with E-state index in [1.807, 2.05) is 30.3 Å². The van der Waals surface area contributed by atoms with E-state index in [1.165, 1.54) is 29.2 Å². The number of hydrogen-bond acceptors (Lipinski definition) is 6. The number of nitro benzene ring substituents is 1. The van der Waals surface area contributed by atoms with Gasteiger partial charge < -0.3 is 4.42 Å². The monoisotopic (exact) mass is 468 g/mol. The van der Waals surface area contributed by atoms with E-state index in [1.54, 1.807) is 12.1 Å². The van der Waals surface area contributed by atoms with E-state index in [0.29, 0.717) is 30.0 Å². The lowest BCUT2D eigenvalue weighted by molar-refractivity contribution is -0.384. The molecule has 4 rings (SSSR count). The number of halogens is 1. The van der Waals surface area contributed by atoms with E-state index in [9.17, 15) is 19.7 Å². The van der Waals surface area contributed by atoms with Crippen LogP contribution >= 0.6 is 23.4 Å². The summed E-state index contributed by atoms with van der Waals surface area (Å²) in [5, 5.41) is 10.7. The summed E-state index contributed by atoms with van der Waals surface area (Å²) in [6.07, 6.45) is 2.98. The number of rotatable bonds is 7. The second-order valence-electron chi connectivity index (χ2n) is 7.05. The highest BCUT2D eigenvalue weighted by Crippen LogP contribution is 2.35. The Morgan fingerprint density at radius 2 is 1.88 bits per heavy atom. The first kappa shape index (κ1) is 21.9. The van der Waals surface area contributed by atoms with Crippen LogP contribution in [0.15, 0.2) is 70.0 Å². The molecule has 162 valence electrons. The van der Waals surface area contributed by atoms with Crippen LogP contribution in [-0.4, -0.2) is 27.5 Å². The minimum absolute atomic E-state index is 0.119. The van der Waals surface area contributed by atoms with Crippen molar-refractivity contribution in [1.82, 2.24) is 4.90 Å². The smallest absolute Gasteiger partial charge is 0.293 e. The van der Waals surface area contributed by atoms with Crippen molar-refractivity contribution in [2.75, 3.05) is 6.54 Å². The number of furan rings is 1. The molecule has 1 saturated heterocycles. The van der Waals surface area contributed by atoms with Gasteiger partial charge in [0.1, 0.15) is 11.5 Å². The van der Waals surface area contributed by atoms with Gasteiger partial charge >= 0.3 is 0 Å². The fraction of sp³-hybridized carbons (Fsp3) is 0.130. The quantitative estimate of drug-likeness (QED) is 0.233. The van der Waals surface area contributed by atoms with E-state index in [0.717, 1.165) is 23.7 Å². The van der Waals surface area contributed by atoms with Gasteiger partial charge in [0.25, 0.3) is 16.8 Å². The zero-order valence-electron chi connectivity index (χ0n) is 16.7. The summed E-state index contributed by atoms with van der Waals surface area (Å²) in [7, 11) is 0. The number of aryl methyl sites for hydroxylation is 1. The molecule has 1 fully saturated rings. The van der Waals surface area contributed by atoms with Gasteiger partial charge in [-0.3, -0.25) is 24.6 Å². The molecule has 2 aromatic carbocycles. The van der Waals surface area contributed by atoms with Crippen molar-refractivity contribution in [3.63, 3.8) is 0 Å². The zero-order valence-corrected chi connectivity index (χ0v) is 18.3. The van der Waals surface area contributed by atoms with Crippen molar-refractivity contribution in [2.45, 2.75) is 12.8 Å². The Morgan fingerprint density at radius 3 is 2.59 bits per heavy atom. The fourth-order valence-corrected chi connectivity index (χ4v) is 4.41. The minimum Gasteiger partial charge on any atom is -0.457 e. The van der Waals surface area contributed by atoms with Crippen LogP contribution in [0.1, 0.15) is 17.7 Å². The second kappa shape index (κ2) is 9.42. The Morgan fingerprint density at radius 1 is 1.09 bits per heavy atom. The highest BCUT2D eigenvalue weighted by Gasteiger charge is 2.34. The van der Waals surface area contributed by atoms with Crippen molar-refractivity contribution in [3.05, 3.63) is 92.0 Å². The molecule has 0 bridgehead atoms. The summed E-state index contributed by atoms with van der Waals surface area (Å²) in [5.74, 6) is 0.432. The molecule has 0 aliphatic carbocycles. The molecule has 7 nitrogen and oxygen atoms in total. The fourth-order valence-electron chi connectivity index (χ4n) is 3.30. The van der Waals surface area contributed by atoms with Crippen LogP contribution in [0.5, 0.6) is 0 Å². The van der Waals surface area contributed by atoms with Crippen LogP contribution in [0.25, 0.3) is 17.4 Å². The third-order valence-electron chi connectivity index (χ3n) is 4.89. The largest absolute Gasteiger partial charge is 0.457 e. The highest BCUT2D eigenvalue weighted by molar-refractivity contribution is 8.18. The van der Waals surface area contributed by atoms with Crippen molar-refractivity contribution in [3.8, 4) is 11.3 Å². The minimum atomic E-state index is -0.529. The number of hydrogen-bond donors (Lipinski definition) is 0. The average molecular weight is 469 g/mol. The van der Waals surface area contributed by atoms with Gasteiger partial charge in [-0.15, -0.1) is 0 Å². The predicted molar refractivity (Wildman–Crippen MR) is 123 cm³/mol. The number of nitrogens with zero attached hydrogens (tertiary/aromatic N) is 2. The Balaban J connectivity index is 1.44. The molecule has 0 radical (unpaired) electrons. The molecule has 3 aromatic rings. The summed E-state index contributed by atoms with van der Waals surface area (Å²) in [5.41, 5.74) is 1.53. The molecule has 1 aromatic heterocycles. The van der Waals surface area contributed by atoms with Crippen molar-refractivity contribution < 1.29 is 18.9 Å². The van der Waals surface area contributed by atoms with Crippen LogP contribution in [0, 0.1) is 10.1 Å². The average Bonchev–Trinajstić information content (AvgIpc) is 3.34. The standard InChI is InChI=1S/C23H17ClN2O5S/c24-19-13-16(26(29)30)8-10-18(19)20-11-9-17(31-20)14-21-22(27)25(23(28)32-21)12-4-7-15-5-2-1-3-6-15/h1-3,5-6,8-11,13-14H,4,7,12H2/b21-14+. The maximum absolute atomic E-state index is 12.7. The van der Waals surface area contributed by atoms with Gasteiger partial charge in [0.15, 0.2) is 0 Å². The van der Waals surface area contributed by atoms with Gasteiger partial charge in [-0.05, 0) is 48.4 Å². The summed E-state index contributed by atoms with van der Waals surface area (Å²) in [6, 6.07) is 17.3. The van der Waals surface area contributed by atoms with Crippen LogP contribution in [0.3, 0.4) is 0 Å². The molecule has 1 aliphatic rings. The third kappa shape index (κ3) is 4.76. The molecule has 0 spiro atoms.